The molecule has 0 unspecified atom stereocenters. The Labute approximate surface area is 204 Å². The first-order chi connectivity index (χ1) is 16.0. The third kappa shape index (κ3) is 3.89. The van der Waals surface area contributed by atoms with Gasteiger partial charge in [0.25, 0.3) is 5.91 Å². The number of halogens is 1. The van der Waals surface area contributed by atoms with Crippen LogP contribution in [0.1, 0.15) is 44.1 Å². The molecule has 1 heterocycles. The van der Waals surface area contributed by atoms with E-state index in [9.17, 15) is 4.79 Å². The fourth-order valence-electron chi connectivity index (χ4n) is 6.78. The van der Waals surface area contributed by atoms with Gasteiger partial charge in [0.2, 0.25) is 0 Å². The molecular formula is C27H27ClN2O2S. The molecule has 4 saturated carbocycles. The van der Waals surface area contributed by atoms with Crippen LogP contribution in [0.5, 0.6) is 5.75 Å². The number of amidine groups is 1. The molecule has 0 spiro atoms. The second-order valence-electron chi connectivity index (χ2n) is 10.0. The highest BCUT2D eigenvalue weighted by Crippen LogP contribution is 2.59. The molecule has 0 atom stereocenters. The number of amides is 1. The van der Waals surface area contributed by atoms with Gasteiger partial charge in [-0.3, -0.25) is 9.69 Å². The summed E-state index contributed by atoms with van der Waals surface area (Å²) in [5, 5.41) is 1.51. The maximum absolute atomic E-state index is 13.9. The summed E-state index contributed by atoms with van der Waals surface area (Å²) in [4.78, 5) is 21.7. The van der Waals surface area contributed by atoms with Gasteiger partial charge in [0.1, 0.15) is 5.75 Å². The normalized spacial score (nSPS) is 32.8. The van der Waals surface area contributed by atoms with E-state index in [1.165, 1.54) is 31.0 Å². The van der Waals surface area contributed by atoms with E-state index in [1.807, 2.05) is 54.6 Å². The standard InChI is InChI=1S/C27H27ClN2O2S/c1-32-23-8-6-22(7-9-23)29-26-30(27-14-18-10-19(15-27)12-20(11-18)16-27)25(31)24(33-26)13-17-2-4-21(28)5-3-17/h2-9,13,18-20H,10-12,14-16H2,1H3. The number of aliphatic imine (C=N–C) groups is 1. The molecule has 2 aromatic carbocycles. The average molecular weight is 479 g/mol. The van der Waals surface area contributed by atoms with Gasteiger partial charge in [-0.25, -0.2) is 4.99 Å². The number of rotatable bonds is 4. The molecule has 5 fully saturated rings. The van der Waals surface area contributed by atoms with Crippen molar-refractivity contribution in [3.63, 3.8) is 0 Å². The second kappa shape index (κ2) is 8.21. The molecule has 33 heavy (non-hydrogen) atoms. The number of carbonyl (C=O) groups excluding carboxylic acids is 1. The third-order valence-corrected chi connectivity index (χ3v) is 8.97. The number of ether oxygens (including phenoxy) is 1. The Morgan fingerprint density at radius 3 is 2.18 bits per heavy atom. The Kier molecular flexibility index (Phi) is 5.30. The molecule has 1 amide bonds. The van der Waals surface area contributed by atoms with Gasteiger partial charge >= 0.3 is 0 Å². The van der Waals surface area contributed by atoms with Gasteiger partial charge in [0.05, 0.1) is 23.2 Å². The van der Waals surface area contributed by atoms with Crippen molar-refractivity contribution in [2.45, 2.75) is 44.1 Å². The van der Waals surface area contributed by atoms with E-state index in [4.69, 9.17) is 21.3 Å². The van der Waals surface area contributed by atoms with Crippen LogP contribution in [0.3, 0.4) is 0 Å². The molecule has 2 aromatic rings. The van der Waals surface area contributed by atoms with Crippen molar-refractivity contribution in [1.29, 1.82) is 0 Å². The summed E-state index contributed by atoms with van der Waals surface area (Å²) in [6.45, 7) is 0. The predicted octanol–water partition coefficient (Wildman–Crippen LogP) is 6.92. The molecule has 7 rings (SSSR count). The van der Waals surface area contributed by atoms with Crippen molar-refractivity contribution in [2.24, 2.45) is 22.7 Å². The average Bonchev–Trinajstić information content (AvgIpc) is 3.10. The van der Waals surface area contributed by atoms with Crippen LogP contribution >= 0.6 is 23.4 Å². The van der Waals surface area contributed by atoms with Crippen LogP contribution < -0.4 is 4.74 Å². The maximum atomic E-state index is 13.9. The van der Waals surface area contributed by atoms with Gasteiger partial charge in [0, 0.05) is 5.02 Å². The minimum absolute atomic E-state index is 0.0836. The molecule has 4 bridgehead atoms. The highest BCUT2D eigenvalue weighted by molar-refractivity contribution is 8.18. The van der Waals surface area contributed by atoms with Crippen LogP contribution in [0.2, 0.25) is 5.02 Å². The van der Waals surface area contributed by atoms with Crippen molar-refractivity contribution >= 4 is 46.2 Å². The summed E-state index contributed by atoms with van der Waals surface area (Å²) in [5.74, 6) is 3.15. The molecule has 6 heteroatoms. The molecule has 5 aliphatic rings. The monoisotopic (exact) mass is 478 g/mol. The lowest BCUT2D eigenvalue weighted by atomic mass is 9.52. The van der Waals surface area contributed by atoms with E-state index in [1.54, 1.807) is 7.11 Å². The lowest BCUT2D eigenvalue weighted by Crippen LogP contribution is -2.61. The van der Waals surface area contributed by atoms with Gasteiger partial charge < -0.3 is 4.74 Å². The van der Waals surface area contributed by atoms with Gasteiger partial charge in [-0.2, -0.15) is 0 Å². The summed E-state index contributed by atoms with van der Waals surface area (Å²) in [6, 6.07) is 15.4. The predicted molar refractivity (Wildman–Crippen MR) is 135 cm³/mol. The zero-order chi connectivity index (χ0) is 22.6. The Bertz CT molecular complexity index is 1100. The number of carbonyl (C=O) groups is 1. The van der Waals surface area contributed by atoms with Gasteiger partial charge in [0.15, 0.2) is 5.17 Å². The highest BCUT2D eigenvalue weighted by atomic mass is 35.5. The van der Waals surface area contributed by atoms with Crippen LogP contribution in [-0.2, 0) is 4.79 Å². The molecule has 1 saturated heterocycles. The number of thioether (sulfide) groups is 1. The lowest BCUT2D eigenvalue weighted by molar-refractivity contribution is -0.135. The molecule has 0 radical (unpaired) electrons. The lowest BCUT2D eigenvalue weighted by Gasteiger charge is -2.59. The highest BCUT2D eigenvalue weighted by Gasteiger charge is 2.57. The van der Waals surface area contributed by atoms with E-state index >= 15 is 0 Å². The number of hydrogen-bond donors (Lipinski definition) is 0. The number of hydrogen-bond acceptors (Lipinski definition) is 4. The van der Waals surface area contributed by atoms with Gasteiger partial charge in [-0.15, -0.1) is 0 Å². The van der Waals surface area contributed by atoms with Crippen molar-refractivity contribution in [3.05, 3.63) is 64.0 Å². The minimum atomic E-state index is -0.0836. The molecular weight excluding hydrogens is 452 g/mol. The van der Waals surface area contributed by atoms with E-state index in [2.05, 4.69) is 4.90 Å². The fraction of sp³-hybridized carbons (Fsp3) is 0.407. The van der Waals surface area contributed by atoms with Crippen molar-refractivity contribution < 1.29 is 9.53 Å². The van der Waals surface area contributed by atoms with E-state index < -0.39 is 0 Å². The van der Waals surface area contributed by atoms with Crippen LogP contribution in [0.4, 0.5) is 5.69 Å². The fourth-order valence-corrected chi connectivity index (χ4v) is 8.00. The summed E-state index contributed by atoms with van der Waals surface area (Å²) in [7, 11) is 1.66. The largest absolute Gasteiger partial charge is 0.497 e. The topological polar surface area (TPSA) is 41.9 Å². The SMILES string of the molecule is COc1ccc(N=C2SC(=Cc3ccc(Cl)cc3)C(=O)N2C23CC4CC(CC(C4)C2)C3)cc1. The van der Waals surface area contributed by atoms with Gasteiger partial charge in [-0.1, -0.05) is 23.7 Å². The number of methoxy groups -OCH3 is 1. The van der Waals surface area contributed by atoms with Crippen molar-refractivity contribution in [2.75, 3.05) is 7.11 Å². The summed E-state index contributed by atoms with van der Waals surface area (Å²) in [5.41, 5.74) is 1.74. The first kappa shape index (κ1) is 21.3. The van der Waals surface area contributed by atoms with E-state index in [0.717, 1.165) is 64.1 Å². The molecule has 1 aliphatic heterocycles. The maximum Gasteiger partial charge on any atom is 0.267 e. The summed E-state index contributed by atoms with van der Waals surface area (Å²) in [6.07, 6.45) is 9.34. The van der Waals surface area contributed by atoms with Crippen LogP contribution in [-0.4, -0.2) is 28.6 Å². The Hall–Kier alpha value is -2.24. The first-order valence-electron chi connectivity index (χ1n) is 11.7. The molecule has 4 nitrogen and oxygen atoms in total. The quantitative estimate of drug-likeness (QED) is 0.448. The molecule has 170 valence electrons. The molecule has 0 aromatic heterocycles. The first-order valence-corrected chi connectivity index (χ1v) is 12.9. The van der Waals surface area contributed by atoms with Crippen molar-refractivity contribution in [3.8, 4) is 5.75 Å². The number of nitrogens with zero attached hydrogens (tertiary/aromatic N) is 2. The molecule has 0 N–H and O–H groups in total. The van der Waals surface area contributed by atoms with Gasteiger partial charge in [-0.05, 0) is 116 Å². The summed E-state index contributed by atoms with van der Waals surface area (Å²) >= 11 is 7.57. The number of benzene rings is 2. The second-order valence-corrected chi connectivity index (χ2v) is 11.5. The Balaban J connectivity index is 1.40. The summed E-state index contributed by atoms with van der Waals surface area (Å²) < 4.78 is 5.30. The third-order valence-electron chi connectivity index (χ3n) is 7.75. The van der Waals surface area contributed by atoms with E-state index in [0.29, 0.717) is 5.02 Å². The zero-order valence-corrected chi connectivity index (χ0v) is 20.2. The van der Waals surface area contributed by atoms with Crippen LogP contribution in [0.25, 0.3) is 6.08 Å². The Morgan fingerprint density at radius 1 is 1.00 bits per heavy atom. The minimum Gasteiger partial charge on any atom is -0.497 e. The van der Waals surface area contributed by atoms with Crippen molar-refractivity contribution in [1.82, 2.24) is 4.90 Å². The molecule has 4 aliphatic carbocycles. The smallest absolute Gasteiger partial charge is 0.267 e. The zero-order valence-electron chi connectivity index (χ0n) is 18.7. The van der Waals surface area contributed by atoms with E-state index in [-0.39, 0.29) is 11.4 Å². The van der Waals surface area contributed by atoms with Crippen LogP contribution in [0.15, 0.2) is 58.4 Å². The van der Waals surface area contributed by atoms with Crippen LogP contribution in [0, 0.1) is 17.8 Å². The Morgan fingerprint density at radius 2 is 1.61 bits per heavy atom.